The summed E-state index contributed by atoms with van der Waals surface area (Å²) in [5.41, 5.74) is 1.13. The number of Topliss-reactive ketones (excluding diaryl/α,β-unsaturated/α-hetero) is 1. The Morgan fingerprint density at radius 3 is 2.35 bits per heavy atom. The number of halogens is 2. The van der Waals surface area contributed by atoms with Gasteiger partial charge in [-0.05, 0) is 107 Å². The maximum Gasteiger partial charge on any atom is 0.154 e. The molecule has 26 heavy (non-hydrogen) atoms. The summed E-state index contributed by atoms with van der Waals surface area (Å²) in [5.74, 6) is 1.96. The van der Waals surface area contributed by atoms with Gasteiger partial charge in [-0.2, -0.15) is 0 Å². The number of carbonyl (C=O) groups excluding carboxylic acids is 1. The average Bonchev–Trinajstić information content (AvgIpc) is 2.61. The van der Waals surface area contributed by atoms with E-state index in [0.29, 0.717) is 31.8 Å². The van der Waals surface area contributed by atoms with E-state index in [2.05, 4.69) is 57.3 Å². The van der Waals surface area contributed by atoms with Crippen LogP contribution < -0.4 is 4.74 Å². The average molecular weight is 580 g/mol. The van der Waals surface area contributed by atoms with Crippen LogP contribution in [0, 0.1) is 7.14 Å². The molecule has 0 bridgehead atoms. The lowest BCUT2D eigenvalue weighted by Crippen LogP contribution is -2.03. The third-order valence-corrected chi connectivity index (χ3v) is 5.36. The molecule has 0 aromatic heterocycles. The molecule has 0 spiro atoms. The summed E-state index contributed by atoms with van der Waals surface area (Å²) in [6.45, 7) is 3.31. The lowest BCUT2D eigenvalue weighted by molar-refractivity contribution is -0.119. The number of rotatable bonds is 10. The maximum absolute atomic E-state index is 12.0. The van der Waals surface area contributed by atoms with Crippen LogP contribution in [0.1, 0.15) is 31.7 Å². The molecule has 0 aliphatic heterocycles. The first-order valence-corrected chi connectivity index (χ1v) is 10.7. The van der Waals surface area contributed by atoms with Gasteiger partial charge in [0.05, 0.1) is 7.14 Å². The third kappa shape index (κ3) is 7.03. The minimum Gasteiger partial charge on any atom is -0.508 e. The number of aromatic hydroxyl groups is 1. The van der Waals surface area contributed by atoms with Crippen LogP contribution in [-0.4, -0.2) is 24.1 Å². The van der Waals surface area contributed by atoms with E-state index in [1.807, 2.05) is 6.92 Å². The van der Waals surface area contributed by atoms with E-state index in [1.165, 1.54) is 0 Å². The Labute approximate surface area is 181 Å². The Kier molecular flexibility index (Phi) is 9.13. The molecule has 1 N–H and O–H groups in total. The monoisotopic (exact) mass is 580 g/mol. The second kappa shape index (κ2) is 11.1. The number of aryl methyl sites for hydroxylation is 1. The van der Waals surface area contributed by atoms with Crippen LogP contribution in [0.2, 0.25) is 0 Å². The summed E-state index contributed by atoms with van der Waals surface area (Å²) in [4.78, 5) is 12.0. The highest BCUT2D eigenvalue weighted by atomic mass is 127. The Bertz CT molecular complexity index is 706. The van der Waals surface area contributed by atoms with E-state index in [1.54, 1.807) is 24.3 Å². The lowest BCUT2D eigenvalue weighted by atomic mass is 10.1. The predicted octanol–water partition coefficient (Wildman–Crippen LogP) is 5.71. The smallest absolute Gasteiger partial charge is 0.154 e. The summed E-state index contributed by atoms with van der Waals surface area (Å²) in [6.07, 6.45) is 2.66. The minimum absolute atomic E-state index is 0.211. The normalized spacial score (nSPS) is 10.7. The molecule has 0 unspecified atom stereocenters. The van der Waals surface area contributed by atoms with Crippen LogP contribution >= 0.6 is 45.2 Å². The second-order valence-electron chi connectivity index (χ2n) is 5.82. The topological polar surface area (TPSA) is 55.8 Å². The summed E-state index contributed by atoms with van der Waals surface area (Å²) in [7, 11) is 0. The molecular formula is C20H22I2O4. The van der Waals surface area contributed by atoms with E-state index in [-0.39, 0.29) is 11.5 Å². The molecule has 4 nitrogen and oxygen atoms in total. The van der Waals surface area contributed by atoms with Crippen molar-refractivity contribution in [2.75, 3.05) is 13.2 Å². The van der Waals surface area contributed by atoms with Gasteiger partial charge in [-0.25, -0.2) is 0 Å². The van der Waals surface area contributed by atoms with Gasteiger partial charge in [0, 0.05) is 26.1 Å². The van der Waals surface area contributed by atoms with Gasteiger partial charge in [0.1, 0.15) is 17.3 Å². The highest BCUT2D eigenvalue weighted by molar-refractivity contribution is 14.1. The Morgan fingerprint density at radius 1 is 1.08 bits per heavy atom. The highest BCUT2D eigenvalue weighted by Crippen LogP contribution is 2.33. The molecule has 0 amide bonds. The van der Waals surface area contributed by atoms with Gasteiger partial charge in [0.15, 0.2) is 5.75 Å². The quantitative estimate of drug-likeness (QED) is 0.289. The number of ketones is 1. The predicted molar refractivity (Wildman–Crippen MR) is 119 cm³/mol. The third-order valence-electron chi connectivity index (χ3n) is 3.76. The fourth-order valence-corrected chi connectivity index (χ4v) is 4.53. The maximum atomic E-state index is 12.0. The number of carbonyl (C=O) groups is 1. The van der Waals surface area contributed by atoms with E-state index >= 15 is 0 Å². The summed E-state index contributed by atoms with van der Waals surface area (Å²) in [5, 5.41) is 9.36. The second-order valence-corrected chi connectivity index (χ2v) is 8.15. The molecule has 0 radical (unpaired) electrons. The number of benzene rings is 2. The van der Waals surface area contributed by atoms with Crippen molar-refractivity contribution < 1.29 is 19.4 Å². The van der Waals surface area contributed by atoms with Crippen molar-refractivity contribution >= 4 is 51.0 Å². The standard InChI is InChI=1S/C20H22I2O4/c1-2-25-11-3-4-15(23)6-5-14-12-18(21)20(19(22)13-14)26-17-9-7-16(24)8-10-17/h7-10,12-13,24H,2-6,11H2,1H3. The molecule has 0 heterocycles. The zero-order chi connectivity index (χ0) is 18.9. The summed E-state index contributed by atoms with van der Waals surface area (Å²) >= 11 is 4.51. The van der Waals surface area contributed by atoms with Gasteiger partial charge in [0.25, 0.3) is 0 Å². The highest BCUT2D eigenvalue weighted by Gasteiger charge is 2.11. The van der Waals surface area contributed by atoms with Crippen molar-refractivity contribution in [2.24, 2.45) is 0 Å². The Balaban J connectivity index is 1.93. The van der Waals surface area contributed by atoms with Crippen molar-refractivity contribution in [1.29, 1.82) is 0 Å². The van der Waals surface area contributed by atoms with Crippen LogP contribution in [0.5, 0.6) is 17.2 Å². The molecule has 140 valence electrons. The van der Waals surface area contributed by atoms with Crippen LogP contribution in [0.4, 0.5) is 0 Å². The van der Waals surface area contributed by atoms with Gasteiger partial charge >= 0.3 is 0 Å². The van der Waals surface area contributed by atoms with Crippen molar-refractivity contribution in [3.05, 3.63) is 49.1 Å². The van der Waals surface area contributed by atoms with Crippen molar-refractivity contribution in [3.8, 4) is 17.2 Å². The Hall–Kier alpha value is -0.870. The molecule has 2 aromatic carbocycles. The van der Waals surface area contributed by atoms with Crippen LogP contribution in [0.15, 0.2) is 36.4 Å². The lowest BCUT2D eigenvalue weighted by Gasteiger charge is -2.12. The number of ether oxygens (including phenoxy) is 2. The van der Waals surface area contributed by atoms with Crippen LogP contribution in [0.25, 0.3) is 0 Å². The van der Waals surface area contributed by atoms with E-state index in [0.717, 1.165) is 31.3 Å². The molecule has 2 aromatic rings. The van der Waals surface area contributed by atoms with Crippen LogP contribution in [-0.2, 0) is 16.0 Å². The summed E-state index contributed by atoms with van der Waals surface area (Å²) < 4.78 is 13.2. The molecule has 0 aliphatic rings. The number of hydrogen-bond donors (Lipinski definition) is 1. The fraction of sp³-hybridized carbons (Fsp3) is 0.350. The summed E-state index contributed by atoms with van der Waals surface area (Å²) in [6, 6.07) is 10.8. The van der Waals surface area contributed by atoms with Crippen molar-refractivity contribution in [3.63, 3.8) is 0 Å². The number of phenols is 1. The first-order chi connectivity index (χ1) is 12.5. The molecule has 0 saturated heterocycles. The van der Waals surface area contributed by atoms with Gasteiger partial charge in [-0.15, -0.1) is 0 Å². The fourth-order valence-electron chi connectivity index (χ4n) is 2.41. The molecule has 0 fully saturated rings. The molecule has 6 heteroatoms. The molecule has 2 rings (SSSR count). The van der Waals surface area contributed by atoms with E-state index < -0.39 is 0 Å². The SMILES string of the molecule is CCOCCCC(=O)CCc1cc(I)c(Oc2ccc(O)cc2)c(I)c1. The molecule has 0 atom stereocenters. The van der Waals surface area contributed by atoms with E-state index in [4.69, 9.17) is 9.47 Å². The van der Waals surface area contributed by atoms with Crippen LogP contribution in [0.3, 0.4) is 0 Å². The van der Waals surface area contributed by atoms with Gasteiger partial charge in [0.2, 0.25) is 0 Å². The van der Waals surface area contributed by atoms with Gasteiger partial charge in [-0.1, -0.05) is 0 Å². The Morgan fingerprint density at radius 2 is 1.73 bits per heavy atom. The molecular weight excluding hydrogens is 558 g/mol. The zero-order valence-electron chi connectivity index (χ0n) is 14.6. The van der Waals surface area contributed by atoms with Gasteiger partial charge < -0.3 is 14.6 Å². The first-order valence-electron chi connectivity index (χ1n) is 8.54. The van der Waals surface area contributed by atoms with Crippen molar-refractivity contribution in [1.82, 2.24) is 0 Å². The molecule has 0 aliphatic carbocycles. The first kappa shape index (κ1) is 21.4. The molecule has 0 saturated carbocycles. The van der Waals surface area contributed by atoms with Crippen molar-refractivity contribution in [2.45, 2.75) is 32.6 Å². The number of hydrogen-bond acceptors (Lipinski definition) is 4. The largest absolute Gasteiger partial charge is 0.508 e. The van der Waals surface area contributed by atoms with E-state index in [9.17, 15) is 9.90 Å². The number of phenolic OH excluding ortho intramolecular Hbond substituents is 1. The minimum atomic E-state index is 0.211. The zero-order valence-corrected chi connectivity index (χ0v) is 18.9. The van der Waals surface area contributed by atoms with Gasteiger partial charge in [-0.3, -0.25) is 4.79 Å².